The molecule has 86 valence electrons. The highest BCUT2D eigenvalue weighted by molar-refractivity contribution is 5.98. The second-order valence-electron chi connectivity index (χ2n) is 3.72. The molecule has 1 aromatic heterocycles. The number of H-pyrrole nitrogens is 1. The molecule has 0 aliphatic carbocycles. The van der Waals surface area contributed by atoms with E-state index in [0.29, 0.717) is 17.3 Å². The van der Waals surface area contributed by atoms with E-state index in [0.717, 1.165) is 11.1 Å². The summed E-state index contributed by atoms with van der Waals surface area (Å²) in [5.41, 5.74) is 8.00. The molecule has 0 bridgehead atoms. The molecule has 1 aliphatic rings. The number of ether oxygens (including phenoxy) is 1. The topological polar surface area (TPSA) is 93.0 Å². The number of benzene rings is 1. The van der Waals surface area contributed by atoms with Crippen molar-refractivity contribution in [1.82, 2.24) is 10.2 Å². The van der Waals surface area contributed by atoms with Gasteiger partial charge in [0, 0.05) is 11.1 Å². The van der Waals surface area contributed by atoms with E-state index in [1.54, 1.807) is 12.3 Å². The predicted molar refractivity (Wildman–Crippen MR) is 62.6 cm³/mol. The summed E-state index contributed by atoms with van der Waals surface area (Å²) >= 11 is 0. The van der Waals surface area contributed by atoms with Gasteiger partial charge >= 0.3 is 0 Å². The molecule has 0 unspecified atom stereocenters. The lowest BCUT2D eigenvalue weighted by atomic mass is 10.1. The summed E-state index contributed by atoms with van der Waals surface area (Å²) in [4.78, 5) is 11.2. The molecule has 0 atom stereocenters. The standard InChI is InChI=1S/C11H10N4O2/c12-11-7(4-13-15-11)6-2-1-3-8-10(6)17-5-9(16)14-8/h1-4H,5H2,(H,14,16)(H3,12,13,15). The van der Waals surface area contributed by atoms with Crippen LogP contribution in [0.25, 0.3) is 11.1 Å². The number of carbonyl (C=O) groups is 1. The van der Waals surface area contributed by atoms with Crippen LogP contribution in [-0.2, 0) is 4.79 Å². The molecule has 0 fully saturated rings. The number of rotatable bonds is 1. The van der Waals surface area contributed by atoms with Crippen molar-refractivity contribution >= 4 is 17.4 Å². The minimum Gasteiger partial charge on any atom is -0.481 e. The van der Waals surface area contributed by atoms with Crippen molar-refractivity contribution in [2.45, 2.75) is 0 Å². The van der Waals surface area contributed by atoms with E-state index in [1.807, 2.05) is 12.1 Å². The molecule has 0 saturated carbocycles. The molecule has 2 heterocycles. The number of aromatic amines is 1. The Kier molecular flexibility index (Phi) is 2.01. The number of nitrogen functional groups attached to an aromatic ring is 1. The van der Waals surface area contributed by atoms with Crippen LogP contribution in [0.4, 0.5) is 11.5 Å². The van der Waals surface area contributed by atoms with Crippen LogP contribution in [0.1, 0.15) is 0 Å². The van der Waals surface area contributed by atoms with Gasteiger partial charge < -0.3 is 15.8 Å². The summed E-state index contributed by atoms with van der Waals surface area (Å²) in [7, 11) is 0. The molecule has 0 saturated heterocycles. The average Bonchev–Trinajstić information content (AvgIpc) is 2.74. The number of anilines is 2. The largest absolute Gasteiger partial charge is 0.481 e. The van der Waals surface area contributed by atoms with E-state index in [-0.39, 0.29) is 12.5 Å². The van der Waals surface area contributed by atoms with E-state index in [2.05, 4.69) is 15.5 Å². The Morgan fingerprint density at radius 3 is 3.00 bits per heavy atom. The lowest BCUT2D eigenvalue weighted by Gasteiger charge is -2.20. The summed E-state index contributed by atoms with van der Waals surface area (Å²) in [6, 6.07) is 5.49. The highest BCUT2D eigenvalue weighted by Gasteiger charge is 2.20. The Hall–Kier alpha value is -2.50. The quantitative estimate of drug-likeness (QED) is 0.681. The Labute approximate surface area is 96.8 Å². The van der Waals surface area contributed by atoms with Crippen molar-refractivity contribution in [3.05, 3.63) is 24.4 Å². The van der Waals surface area contributed by atoms with Gasteiger partial charge in [0.25, 0.3) is 5.91 Å². The molecular formula is C11H10N4O2. The number of hydrogen-bond donors (Lipinski definition) is 3. The van der Waals surface area contributed by atoms with Gasteiger partial charge in [-0.25, -0.2) is 0 Å². The van der Waals surface area contributed by atoms with Gasteiger partial charge in [-0.2, -0.15) is 5.10 Å². The normalized spacial score (nSPS) is 13.8. The zero-order valence-corrected chi connectivity index (χ0v) is 8.86. The average molecular weight is 230 g/mol. The molecule has 0 spiro atoms. The second-order valence-corrected chi connectivity index (χ2v) is 3.72. The number of nitrogens with zero attached hydrogens (tertiary/aromatic N) is 1. The number of para-hydroxylation sites is 1. The highest BCUT2D eigenvalue weighted by Crippen LogP contribution is 2.39. The minimum atomic E-state index is -0.158. The Morgan fingerprint density at radius 1 is 1.35 bits per heavy atom. The number of amides is 1. The van der Waals surface area contributed by atoms with Crippen molar-refractivity contribution in [3.63, 3.8) is 0 Å². The van der Waals surface area contributed by atoms with Crippen LogP contribution in [0.2, 0.25) is 0 Å². The monoisotopic (exact) mass is 230 g/mol. The maximum absolute atomic E-state index is 11.2. The number of hydrogen-bond acceptors (Lipinski definition) is 4. The van der Waals surface area contributed by atoms with Crippen LogP contribution < -0.4 is 15.8 Å². The predicted octanol–water partition coefficient (Wildman–Crippen LogP) is 0.990. The van der Waals surface area contributed by atoms with Gasteiger partial charge in [-0.1, -0.05) is 12.1 Å². The van der Waals surface area contributed by atoms with Gasteiger partial charge in [-0.3, -0.25) is 9.89 Å². The third-order valence-electron chi connectivity index (χ3n) is 2.60. The first-order valence-corrected chi connectivity index (χ1v) is 5.10. The van der Waals surface area contributed by atoms with E-state index < -0.39 is 0 Å². The maximum Gasteiger partial charge on any atom is 0.262 e. The van der Waals surface area contributed by atoms with Crippen LogP contribution in [0.5, 0.6) is 5.75 Å². The van der Waals surface area contributed by atoms with Crippen LogP contribution in [0, 0.1) is 0 Å². The summed E-state index contributed by atoms with van der Waals surface area (Å²) in [6.07, 6.45) is 1.63. The molecule has 6 nitrogen and oxygen atoms in total. The summed E-state index contributed by atoms with van der Waals surface area (Å²) in [5, 5.41) is 9.28. The molecule has 1 amide bonds. The lowest BCUT2D eigenvalue weighted by molar-refractivity contribution is -0.118. The molecular weight excluding hydrogens is 220 g/mol. The van der Waals surface area contributed by atoms with E-state index in [1.165, 1.54) is 0 Å². The molecule has 2 aromatic rings. The molecule has 1 aromatic carbocycles. The first-order chi connectivity index (χ1) is 8.25. The summed E-state index contributed by atoms with van der Waals surface area (Å²) in [6.45, 7) is 0.0156. The van der Waals surface area contributed by atoms with E-state index >= 15 is 0 Å². The molecule has 1 aliphatic heterocycles. The number of aromatic nitrogens is 2. The number of carbonyl (C=O) groups excluding carboxylic acids is 1. The van der Waals surface area contributed by atoms with Crippen molar-refractivity contribution in [2.75, 3.05) is 17.7 Å². The molecule has 4 N–H and O–H groups in total. The SMILES string of the molecule is Nc1[nH]ncc1-c1cccc2c1OCC(=O)N2. The van der Waals surface area contributed by atoms with Gasteiger partial charge in [-0.15, -0.1) is 0 Å². The van der Waals surface area contributed by atoms with Gasteiger partial charge in [0.15, 0.2) is 12.4 Å². The molecule has 6 heteroatoms. The van der Waals surface area contributed by atoms with Crippen LogP contribution >= 0.6 is 0 Å². The minimum absolute atomic E-state index is 0.0156. The number of nitrogens with two attached hydrogens (primary N) is 1. The van der Waals surface area contributed by atoms with Crippen molar-refractivity contribution in [1.29, 1.82) is 0 Å². The van der Waals surface area contributed by atoms with E-state index in [4.69, 9.17) is 10.5 Å². The first-order valence-electron chi connectivity index (χ1n) is 5.10. The van der Waals surface area contributed by atoms with Gasteiger partial charge in [0.2, 0.25) is 0 Å². The molecule has 17 heavy (non-hydrogen) atoms. The Bertz CT molecular complexity index is 591. The van der Waals surface area contributed by atoms with Gasteiger partial charge in [0.05, 0.1) is 11.9 Å². The molecule has 0 radical (unpaired) electrons. The Balaban J connectivity index is 2.16. The second kappa shape index (κ2) is 3.51. The third-order valence-corrected chi connectivity index (χ3v) is 2.60. The lowest BCUT2D eigenvalue weighted by Crippen LogP contribution is -2.25. The van der Waals surface area contributed by atoms with Crippen molar-refractivity contribution < 1.29 is 9.53 Å². The zero-order chi connectivity index (χ0) is 11.8. The summed E-state index contributed by atoms with van der Waals surface area (Å²) < 4.78 is 5.44. The fraction of sp³-hybridized carbons (Fsp3) is 0.0909. The van der Waals surface area contributed by atoms with Crippen molar-refractivity contribution in [2.24, 2.45) is 0 Å². The van der Waals surface area contributed by atoms with E-state index in [9.17, 15) is 4.79 Å². The van der Waals surface area contributed by atoms with Gasteiger partial charge in [-0.05, 0) is 6.07 Å². The zero-order valence-electron chi connectivity index (χ0n) is 8.86. The van der Waals surface area contributed by atoms with Crippen LogP contribution in [-0.4, -0.2) is 22.7 Å². The van der Waals surface area contributed by atoms with Crippen LogP contribution in [0.3, 0.4) is 0 Å². The smallest absolute Gasteiger partial charge is 0.262 e. The third kappa shape index (κ3) is 1.50. The Morgan fingerprint density at radius 2 is 2.24 bits per heavy atom. The maximum atomic E-state index is 11.2. The fourth-order valence-corrected chi connectivity index (χ4v) is 1.84. The fourth-order valence-electron chi connectivity index (χ4n) is 1.84. The summed E-state index contributed by atoms with van der Waals surface area (Å²) in [5.74, 6) is 0.939. The highest BCUT2D eigenvalue weighted by atomic mass is 16.5. The number of nitrogens with one attached hydrogen (secondary N) is 2. The van der Waals surface area contributed by atoms with Crippen LogP contribution in [0.15, 0.2) is 24.4 Å². The van der Waals surface area contributed by atoms with Gasteiger partial charge in [0.1, 0.15) is 5.82 Å². The molecule has 3 rings (SSSR count). The van der Waals surface area contributed by atoms with Crippen molar-refractivity contribution in [3.8, 4) is 16.9 Å². The first kappa shape index (κ1) is 9.71. The number of fused-ring (bicyclic) bond motifs is 1.